The molecule has 1 saturated heterocycles. The van der Waals surface area contributed by atoms with Gasteiger partial charge in [-0.2, -0.15) is 0 Å². The lowest BCUT2D eigenvalue weighted by Gasteiger charge is -2.39. The highest BCUT2D eigenvalue weighted by molar-refractivity contribution is 6.35. The van der Waals surface area contributed by atoms with E-state index in [1.165, 1.54) is 0 Å². The smallest absolute Gasteiger partial charge is 0.263 e. The number of benzene rings is 2. The van der Waals surface area contributed by atoms with Crippen molar-refractivity contribution in [1.82, 2.24) is 9.80 Å². The Morgan fingerprint density at radius 1 is 0.490 bits per heavy atom. The summed E-state index contributed by atoms with van der Waals surface area (Å²) in [5.41, 5.74) is 2.67. The maximum atomic E-state index is 14.9. The van der Waals surface area contributed by atoms with Gasteiger partial charge in [0.2, 0.25) is 0 Å². The highest BCUT2D eigenvalue weighted by Gasteiger charge is 2.45. The zero-order valence-electron chi connectivity index (χ0n) is 32.3. The predicted octanol–water partition coefficient (Wildman–Crippen LogP) is 11.3. The van der Waals surface area contributed by atoms with Crippen molar-refractivity contribution < 1.29 is 19.2 Å². The number of amides is 4. The molecular weight excluding hydrogens is 635 g/mol. The first kappa shape index (κ1) is 39.0. The Morgan fingerprint density at radius 2 is 0.882 bits per heavy atom. The Hall–Kier alpha value is -3.22. The van der Waals surface area contributed by atoms with Gasteiger partial charge in [-0.3, -0.25) is 29.0 Å². The maximum Gasteiger partial charge on any atom is 0.263 e. The first-order valence-electron chi connectivity index (χ1n) is 21.0. The molecule has 0 spiro atoms. The van der Waals surface area contributed by atoms with Gasteiger partial charge in [0.1, 0.15) is 0 Å². The summed E-state index contributed by atoms with van der Waals surface area (Å²) in [4.78, 5) is 64.1. The summed E-state index contributed by atoms with van der Waals surface area (Å²) in [6.45, 7) is 10.4. The van der Waals surface area contributed by atoms with Gasteiger partial charge >= 0.3 is 0 Å². The Kier molecular flexibility index (Phi) is 14.6. The van der Waals surface area contributed by atoms with Crippen LogP contribution in [-0.4, -0.2) is 58.6 Å². The minimum Gasteiger partial charge on any atom is -0.371 e. The van der Waals surface area contributed by atoms with Crippen molar-refractivity contribution >= 4 is 40.1 Å². The van der Waals surface area contributed by atoms with Crippen LogP contribution >= 0.6 is 0 Å². The number of unbranched alkanes of at least 4 members (excludes halogenated alkanes) is 12. The van der Waals surface area contributed by atoms with Crippen molar-refractivity contribution in [3.63, 3.8) is 0 Å². The first-order valence-corrected chi connectivity index (χ1v) is 21.0. The fraction of sp³-hybridized carbons (Fsp3) is 0.682. The minimum atomic E-state index is -0.276. The van der Waals surface area contributed by atoms with E-state index in [0.29, 0.717) is 33.0 Å². The van der Waals surface area contributed by atoms with Gasteiger partial charge in [-0.25, -0.2) is 0 Å². The van der Waals surface area contributed by atoms with Crippen molar-refractivity contribution in [3.05, 3.63) is 40.5 Å². The molecule has 0 aliphatic carbocycles. The second-order valence-corrected chi connectivity index (χ2v) is 15.6. The fourth-order valence-electron chi connectivity index (χ4n) is 8.89. The van der Waals surface area contributed by atoms with Crippen LogP contribution in [0.1, 0.15) is 210 Å². The topological polar surface area (TPSA) is 78.0 Å². The van der Waals surface area contributed by atoms with E-state index in [2.05, 4.69) is 32.6 Å². The van der Waals surface area contributed by atoms with Gasteiger partial charge in [-0.15, -0.1) is 0 Å². The van der Waals surface area contributed by atoms with E-state index in [-0.39, 0.29) is 35.7 Å². The molecule has 51 heavy (non-hydrogen) atoms. The normalized spacial score (nSPS) is 15.9. The van der Waals surface area contributed by atoms with Gasteiger partial charge in [0, 0.05) is 47.1 Å². The quantitative estimate of drug-likeness (QED) is 0.0852. The molecule has 0 N–H and O–H groups in total. The molecule has 7 nitrogen and oxygen atoms in total. The number of hydrogen-bond acceptors (Lipinski definition) is 5. The molecule has 3 aliphatic heterocycles. The second-order valence-electron chi connectivity index (χ2n) is 15.6. The van der Waals surface area contributed by atoms with Crippen molar-refractivity contribution in [3.8, 4) is 0 Å². The summed E-state index contributed by atoms with van der Waals surface area (Å²) in [5, 5.41) is 1.04. The Balaban J connectivity index is 1.58. The van der Waals surface area contributed by atoms with E-state index in [9.17, 15) is 19.2 Å². The molecule has 0 atom stereocenters. The molecule has 7 heteroatoms. The molecule has 0 unspecified atom stereocenters. The van der Waals surface area contributed by atoms with Crippen LogP contribution in [0.25, 0.3) is 10.8 Å². The lowest BCUT2D eigenvalue weighted by atomic mass is 9.83. The summed E-state index contributed by atoms with van der Waals surface area (Å²) >= 11 is 0. The zero-order chi connectivity index (χ0) is 36.3. The number of rotatable bonds is 23. The van der Waals surface area contributed by atoms with Crippen molar-refractivity contribution in [2.75, 3.05) is 18.0 Å². The van der Waals surface area contributed by atoms with Crippen LogP contribution in [0.2, 0.25) is 0 Å². The molecule has 5 rings (SSSR count). The van der Waals surface area contributed by atoms with Crippen molar-refractivity contribution in [2.45, 2.75) is 181 Å². The minimum absolute atomic E-state index is 0.163. The van der Waals surface area contributed by atoms with Crippen LogP contribution in [0.3, 0.4) is 0 Å². The van der Waals surface area contributed by atoms with Crippen LogP contribution in [-0.2, 0) is 0 Å². The van der Waals surface area contributed by atoms with Gasteiger partial charge in [-0.1, -0.05) is 130 Å². The molecule has 3 heterocycles. The van der Waals surface area contributed by atoms with E-state index in [1.807, 2.05) is 6.07 Å². The number of imide groups is 2. The summed E-state index contributed by atoms with van der Waals surface area (Å²) in [6.07, 6.45) is 22.7. The van der Waals surface area contributed by atoms with Crippen LogP contribution < -0.4 is 4.90 Å². The highest BCUT2D eigenvalue weighted by Crippen LogP contribution is 2.45. The van der Waals surface area contributed by atoms with Crippen LogP contribution in [0.4, 0.5) is 5.69 Å². The molecule has 2 aromatic carbocycles. The number of anilines is 1. The SMILES string of the molecule is CCCCCCC(CCCCCC)N1C(=O)c2ccc3c4c(c(N5CCCC5)cc(c24)C1=O)C(=O)N(C(CCCCCC)CCCCCC)C3=O. The van der Waals surface area contributed by atoms with E-state index >= 15 is 0 Å². The van der Waals surface area contributed by atoms with Crippen LogP contribution in [0.15, 0.2) is 18.2 Å². The third-order valence-corrected chi connectivity index (χ3v) is 11.8. The van der Waals surface area contributed by atoms with Gasteiger partial charge in [0.15, 0.2) is 0 Å². The molecule has 280 valence electrons. The van der Waals surface area contributed by atoms with Crippen LogP contribution in [0.5, 0.6) is 0 Å². The Morgan fingerprint density at radius 3 is 1.31 bits per heavy atom. The number of carbonyl (C=O) groups is 4. The first-order chi connectivity index (χ1) is 24.9. The average Bonchev–Trinajstić information content (AvgIpc) is 3.68. The number of nitrogens with zero attached hydrogens (tertiary/aromatic N) is 3. The highest BCUT2D eigenvalue weighted by atomic mass is 16.2. The van der Waals surface area contributed by atoms with E-state index in [0.717, 1.165) is 160 Å². The third kappa shape index (κ3) is 8.54. The predicted molar refractivity (Wildman–Crippen MR) is 209 cm³/mol. The molecule has 0 aromatic heterocycles. The van der Waals surface area contributed by atoms with Crippen LogP contribution in [0, 0.1) is 0 Å². The Bertz CT molecular complexity index is 1500. The summed E-state index contributed by atoms with van der Waals surface area (Å²) in [6, 6.07) is 5.16. The lowest BCUT2D eigenvalue weighted by molar-refractivity contribution is 0.0495. The fourth-order valence-corrected chi connectivity index (χ4v) is 8.89. The molecule has 2 aromatic rings. The molecule has 4 amide bonds. The second kappa shape index (κ2) is 19.0. The molecule has 1 fully saturated rings. The molecule has 0 radical (unpaired) electrons. The van der Waals surface area contributed by atoms with Crippen molar-refractivity contribution in [2.24, 2.45) is 0 Å². The molecule has 0 bridgehead atoms. The third-order valence-electron chi connectivity index (χ3n) is 11.8. The van der Waals surface area contributed by atoms with E-state index < -0.39 is 0 Å². The maximum absolute atomic E-state index is 14.9. The number of carbonyl (C=O) groups excluding carboxylic acids is 4. The van der Waals surface area contributed by atoms with E-state index in [4.69, 9.17) is 0 Å². The standard InChI is InChI=1S/C44H65N3O4/c1-5-9-13-17-23-32(24-18-14-10-6-2)46-41(48)34-27-28-35-39-38(34)36(43(46)50)31-37(45-29-21-22-30-45)40(39)44(51)47(42(35)49)33(25-19-15-11-7-3)26-20-16-12-8-4/h27-28,31-33H,5-26,29-30H2,1-4H3. The van der Waals surface area contributed by atoms with Gasteiger partial charge < -0.3 is 4.90 Å². The van der Waals surface area contributed by atoms with Gasteiger partial charge in [-0.05, 0) is 56.7 Å². The lowest BCUT2D eigenvalue weighted by Crippen LogP contribution is -2.49. The molecular formula is C44H65N3O4. The Labute approximate surface area is 307 Å². The molecule has 3 aliphatic rings. The zero-order valence-corrected chi connectivity index (χ0v) is 32.3. The average molecular weight is 700 g/mol. The van der Waals surface area contributed by atoms with Gasteiger partial charge in [0.05, 0.1) is 16.8 Å². The summed E-state index contributed by atoms with van der Waals surface area (Å²) in [7, 11) is 0. The van der Waals surface area contributed by atoms with E-state index in [1.54, 1.807) is 21.9 Å². The summed E-state index contributed by atoms with van der Waals surface area (Å²) < 4.78 is 0. The van der Waals surface area contributed by atoms with Gasteiger partial charge in [0.25, 0.3) is 23.6 Å². The molecule has 0 saturated carbocycles. The largest absolute Gasteiger partial charge is 0.371 e. The van der Waals surface area contributed by atoms with Crippen molar-refractivity contribution in [1.29, 1.82) is 0 Å². The monoisotopic (exact) mass is 699 g/mol. The number of hydrogen-bond donors (Lipinski definition) is 0. The summed E-state index contributed by atoms with van der Waals surface area (Å²) in [5.74, 6) is -1.06.